The van der Waals surface area contributed by atoms with Crippen LogP contribution >= 0.6 is 23.6 Å². The highest BCUT2D eigenvalue weighted by molar-refractivity contribution is 7.71. The number of hydrogen-bond acceptors (Lipinski definition) is 5. The summed E-state index contributed by atoms with van der Waals surface area (Å²) in [6, 6.07) is 8.89. The smallest absolute Gasteiger partial charge is 0.262 e. The van der Waals surface area contributed by atoms with Gasteiger partial charge in [-0.3, -0.25) is 14.2 Å². The van der Waals surface area contributed by atoms with Crippen LogP contribution in [0.3, 0.4) is 0 Å². The molecule has 1 amide bonds. The Bertz CT molecular complexity index is 1020. The number of ether oxygens (including phenoxy) is 1. The van der Waals surface area contributed by atoms with Crippen molar-refractivity contribution in [2.24, 2.45) is 0 Å². The molecule has 26 heavy (non-hydrogen) atoms. The number of aromatic amines is 1. The highest BCUT2D eigenvalue weighted by Crippen LogP contribution is 2.12. The zero-order valence-electron chi connectivity index (χ0n) is 14.3. The van der Waals surface area contributed by atoms with E-state index < -0.39 is 0 Å². The summed E-state index contributed by atoms with van der Waals surface area (Å²) < 4.78 is 6.88. The van der Waals surface area contributed by atoms with Gasteiger partial charge in [0.05, 0.1) is 17.4 Å². The first-order valence-corrected chi connectivity index (χ1v) is 9.45. The molecule has 3 rings (SSSR count). The van der Waals surface area contributed by atoms with Gasteiger partial charge in [0, 0.05) is 30.7 Å². The number of rotatable bonds is 7. The minimum absolute atomic E-state index is 0.162. The predicted molar refractivity (Wildman–Crippen MR) is 105 cm³/mol. The summed E-state index contributed by atoms with van der Waals surface area (Å²) in [6.07, 6.45) is 0.697. The number of methoxy groups -OCH3 is 1. The molecule has 2 heterocycles. The minimum atomic E-state index is -0.191. The fourth-order valence-corrected chi connectivity index (χ4v) is 3.58. The average Bonchev–Trinajstić information content (AvgIpc) is 3.15. The van der Waals surface area contributed by atoms with Crippen molar-refractivity contribution in [1.29, 1.82) is 0 Å². The number of nitrogens with one attached hydrogen (secondary N) is 2. The van der Waals surface area contributed by atoms with E-state index >= 15 is 0 Å². The number of thiophene rings is 1. The third-order valence-electron chi connectivity index (χ3n) is 3.98. The number of nitrogens with zero attached hydrogens (tertiary/aromatic N) is 1. The van der Waals surface area contributed by atoms with Gasteiger partial charge in [0.1, 0.15) is 0 Å². The van der Waals surface area contributed by atoms with Crippen LogP contribution in [0.15, 0.2) is 40.5 Å². The molecule has 2 N–H and O–H groups in total. The molecule has 8 heteroatoms. The van der Waals surface area contributed by atoms with Gasteiger partial charge in [-0.25, -0.2) is 0 Å². The molecule has 0 aliphatic heterocycles. The summed E-state index contributed by atoms with van der Waals surface area (Å²) in [5.41, 5.74) is 0.883. The quantitative estimate of drug-likeness (QED) is 0.481. The first-order valence-electron chi connectivity index (χ1n) is 8.16. The van der Waals surface area contributed by atoms with E-state index in [0.717, 1.165) is 4.88 Å². The van der Waals surface area contributed by atoms with Gasteiger partial charge in [-0.1, -0.05) is 6.07 Å². The van der Waals surface area contributed by atoms with Crippen molar-refractivity contribution in [3.8, 4) is 0 Å². The molecule has 1 aromatic carbocycles. The first-order chi connectivity index (χ1) is 12.6. The third-order valence-corrected chi connectivity index (χ3v) is 5.18. The predicted octanol–water partition coefficient (Wildman–Crippen LogP) is 3.09. The molecule has 3 aromatic rings. The topological polar surface area (TPSA) is 76.1 Å². The van der Waals surface area contributed by atoms with E-state index in [-0.39, 0.29) is 11.5 Å². The van der Waals surface area contributed by atoms with E-state index in [9.17, 15) is 9.59 Å². The molecular formula is C18H19N3O3S2. The second kappa shape index (κ2) is 8.39. The number of H-pyrrole nitrogens is 1. The van der Waals surface area contributed by atoms with Crippen molar-refractivity contribution in [3.63, 3.8) is 0 Å². The lowest BCUT2D eigenvalue weighted by Crippen LogP contribution is -2.24. The van der Waals surface area contributed by atoms with Crippen molar-refractivity contribution in [1.82, 2.24) is 14.9 Å². The summed E-state index contributed by atoms with van der Waals surface area (Å²) in [5, 5.41) is 5.35. The van der Waals surface area contributed by atoms with Crippen LogP contribution in [0.2, 0.25) is 0 Å². The Morgan fingerprint density at radius 1 is 1.38 bits per heavy atom. The van der Waals surface area contributed by atoms with Crippen molar-refractivity contribution in [2.75, 3.05) is 13.7 Å². The fourth-order valence-electron chi connectivity index (χ4n) is 2.65. The molecule has 0 fully saturated rings. The Hall–Kier alpha value is -2.29. The number of benzene rings is 1. The SMILES string of the molecule is COCCCn1c(=S)[nH]c2cc(C(=O)NCc3cccs3)ccc2c1=O. The number of carbonyl (C=O) groups is 1. The molecule has 0 saturated heterocycles. The maximum absolute atomic E-state index is 12.6. The molecule has 0 radical (unpaired) electrons. The normalized spacial score (nSPS) is 11.0. The van der Waals surface area contributed by atoms with E-state index in [1.807, 2.05) is 17.5 Å². The highest BCUT2D eigenvalue weighted by Gasteiger charge is 2.10. The monoisotopic (exact) mass is 389 g/mol. The molecule has 0 aliphatic carbocycles. The average molecular weight is 390 g/mol. The van der Waals surface area contributed by atoms with Crippen LogP contribution in [-0.2, 0) is 17.8 Å². The lowest BCUT2D eigenvalue weighted by Gasteiger charge is -2.09. The molecular weight excluding hydrogens is 370 g/mol. The van der Waals surface area contributed by atoms with E-state index in [2.05, 4.69) is 10.3 Å². The van der Waals surface area contributed by atoms with Gasteiger partial charge in [0.15, 0.2) is 4.77 Å². The number of fused-ring (bicyclic) bond motifs is 1. The van der Waals surface area contributed by atoms with Crippen LogP contribution in [0, 0.1) is 4.77 Å². The number of amides is 1. The van der Waals surface area contributed by atoms with E-state index in [4.69, 9.17) is 17.0 Å². The van der Waals surface area contributed by atoms with Gasteiger partial charge >= 0.3 is 0 Å². The first kappa shape index (κ1) is 18.5. The molecule has 6 nitrogen and oxygen atoms in total. The lowest BCUT2D eigenvalue weighted by molar-refractivity contribution is 0.0951. The maximum atomic E-state index is 12.6. The number of carbonyl (C=O) groups excluding carboxylic acids is 1. The molecule has 0 aliphatic rings. The Labute approximate surface area is 159 Å². The van der Waals surface area contributed by atoms with E-state index in [1.165, 1.54) is 4.57 Å². The standard InChI is InChI=1S/C18H19N3O3S2/c1-24-8-3-7-21-17(23)14-6-5-12(10-15(14)20-18(21)25)16(22)19-11-13-4-2-9-26-13/h2,4-6,9-10H,3,7-8,11H2,1H3,(H,19,22)(H,20,25). The van der Waals surface area contributed by atoms with E-state index in [1.54, 1.807) is 36.6 Å². The van der Waals surface area contributed by atoms with Crippen LogP contribution in [0.1, 0.15) is 21.7 Å². The zero-order valence-corrected chi connectivity index (χ0v) is 15.9. The van der Waals surface area contributed by atoms with Gasteiger partial charge in [0.2, 0.25) is 0 Å². The van der Waals surface area contributed by atoms with Crippen LogP contribution in [0.4, 0.5) is 0 Å². The summed E-state index contributed by atoms with van der Waals surface area (Å²) in [4.78, 5) is 29.1. The second-order valence-corrected chi connectivity index (χ2v) is 7.17. The Morgan fingerprint density at radius 3 is 2.96 bits per heavy atom. The number of aromatic nitrogens is 2. The van der Waals surface area contributed by atoms with Crippen molar-refractivity contribution >= 4 is 40.4 Å². The lowest BCUT2D eigenvalue weighted by atomic mass is 10.1. The Kier molecular flexibility index (Phi) is 5.97. The van der Waals surface area contributed by atoms with Crippen molar-refractivity contribution < 1.29 is 9.53 Å². The fraction of sp³-hybridized carbons (Fsp3) is 0.278. The van der Waals surface area contributed by atoms with Crippen molar-refractivity contribution in [2.45, 2.75) is 19.5 Å². The second-order valence-electron chi connectivity index (χ2n) is 5.76. The van der Waals surface area contributed by atoms with Crippen molar-refractivity contribution in [3.05, 3.63) is 61.3 Å². The van der Waals surface area contributed by atoms with Gasteiger partial charge < -0.3 is 15.0 Å². The maximum Gasteiger partial charge on any atom is 0.262 e. The molecule has 2 aromatic heterocycles. The van der Waals surface area contributed by atoms with Crippen LogP contribution < -0.4 is 10.9 Å². The summed E-state index contributed by atoms with van der Waals surface area (Å²) >= 11 is 6.89. The summed E-state index contributed by atoms with van der Waals surface area (Å²) in [5.74, 6) is -0.191. The Morgan fingerprint density at radius 2 is 2.23 bits per heavy atom. The highest BCUT2D eigenvalue weighted by atomic mass is 32.1. The van der Waals surface area contributed by atoms with Gasteiger partial charge in [-0.2, -0.15) is 0 Å². The van der Waals surface area contributed by atoms with Gasteiger partial charge in [0.25, 0.3) is 11.5 Å². The van der Waals surface area contributed by atoms with Gasteiger partial charge in [-0.05, 0) is 48.3 Å². The minimum Gasteiger partial charge on any atom is -0.385 e. The zero-order chi connectivity index (χ0) is 18.5. The molecule has 0 unspecified atom stereocenters. The number of hydrogen-bond donors (Lipinski definition) is 2. The van der Waals surface area contributed by atoms with Crippen LogP contribution in [0.25, 0.3) is 10.9 Å². The van der Waals surface area contributed by atoms with Crippen LogP contribution in [-0.4, -0.2) is 29.2 Å². The molecule has 0 bridgehead atoms. The van der Waals surface area contributed by atoms with Gasteiger partial charge in [-0.15, -0.1) is 11.3 Å². The summed E-state index contributed by atoms with van der Waals surface area (Å²) in [6.45, 7) is 1.52. The van der Waals surface area contributed by atoms with E-state index in [0.29, 0.717) is 47.4 Å². The molecule has 0 saturated carbocycles. The largest absolute Gasteiger partial charge is 0.385 e. The third kappa shape index (κ3) is 4.09. The molecule has 0 spiro atoms. The Balaban J connectivity index is 1.84. The molecule has 136 valence electrons. The summed E-state index contributed by atoms with van der Waals surface area (Å²) in [7, 11) is 1.62. The van der Waals surface area contributed by atoms with Crippen LogP contribution in [0.5, 0.6) is 0 Å². The molecule has 0 atom stereocenters.